The number of carbonyl (C=O) groups excluding carboxylic acids is 1. The van der Waals surface area contributed by atoms with Crippen molar-refractivity contribution in [2.45, 2.75) is 4.90 Å². The Kier molecular flexibility index (Phi) is 3.59. The zero-order valence-corrected chi connectivity index (χ0v) is 8.28. The molecule has 0 radical (unpaired) electrons. The summed E-state index contributed by atoms with van der Waals surface area (Å²) in [6, 6.07) is 8.14. The molecule has 0 spiro atoms. The van der Waals surface area contributed by atoms with E-state index in [1.54, 1.807) is 18.2 Å². The van der Waals surface area contributed by atoms with Crippen molar-refractivity contribution in [3.05, 3.63) is 42.5 Å². The van der Waals surface area contributed by atoms with Crippen molar-refractivity contribution >= 4 is 16.1 Å². The average Bonchev–Trinajstić information content (AvgIpc) is 2.19. The molecule has 0 saturated carbocycles. The molecule has 14 heavy (non-hydrogen) atoms. The van der Waals surface area contributed by atoms with E-state index in [1.807, 2.05) is 0 Å². The molecule has 1 aromatic carbocycles. The van der Waals surface area contributed by atoms with Gasteiger partial charge < -0.3 is 0 Å². The summed E-state index contributed by atoms with van der Waals surface area (Å²) in [5, 5.41) is 0. The Bertz CT molecular complexity index is 418. The molecule has 0 unspecified atom stereocenters. The van der Waals surface area contributed by atoms with E-state index in [2.05, 4.69) is 0 Å². The van der Waals surface area contributed by atoms with Gasteiger partial charge in [-0.3, -0.25) is 4.79 Å². The Morgan fingerprint density at radius 1 is 1.14 bits per heavy atom. The molecule has 4 heteroatoms. The average molecular weight is 210 g/mol. The molecule has 0 aromatic heterocycles. The smallest absolute Gasteiger partial charge is 0.181 e. The summed E-state index contributed by atoms with van der Waals surface area (Å²) in [7, 11) is -3.28. The Morgan fingerprint density at radius 3 is 2.36 bits per heavy atom. The van der Waals surface area contributed by atoms with E-state index in [4.69, 9.17) is 0 Å². The van der Waals surface area contributed by atoms with Gasteiger partial charge in [0.15, 0.2) is 9.84 Å². The fourth-order valence-electron chi connectivity index (χ4n) is 0.962. The van der Waals surface area contributed by atoms with E-state index in [0.29, 0.717) is 6.29 Å². The van der Waals surface area contributed by atoms with Crippen LogP contribution in [0.3, 0.4) is 0 Å². The van der Waals surface area contributed by atoms with Crippen LogP contribution in [0.5, 0.6) is 0 Å². The number of carbonyl (C=O) groups is 1. The highest BCUT2D eigenvalue weighted by atomic mass is 32.2. The summed E-state index contributed by atoms with van der Waals surface area (Å²) in [6.45, 7) is 0. The molecule has 74 valence electrons. The molecule has 0 aliphatic carbocycles. The summed E-state index contributed by atoms with van der Waals surface area (Å²) in [5.41, 5.74) is 0. The quantitative estimate of drug-likeness (QED) is 0.554. The van der Waals surface area contributed by atoms with Crippen molar-refractivity contribution in [1.82, 2.24) is 0 Å². The lowest BCUT2D eigenvalue weighted by atomic mass is 10.4. The molecule has 0 bridgehead atoms. The fraction of sp³-hybridized carbons (Fsp3) is 0.100. The van der Waals surface area contributed by atoms with Gasteiger partial charge in [-0.2, -0.15) is 0 Å². The molecule has 1 aromatic rings. The molecule has 0 aliphatic heterocycles. The van der Waals surface area contributed by atoms with Gasteiger partial charge >= 0.3 is 0 Å². The van der Waals surface area contributed by atoms with Gasteiger partial charge in [0.25, 0.3) is 0 Å². The minimum Gasteiger partial charge on any atom is -0.299 e. The molecule has 1 rings (SSSR count). The Morgan fingerprint density at radius 2 is 1.79 bits per heavy atom. The maximum Gasteiger partial charge on any atom is 0.181 e. The predicted molar refractivity (Wildman–Crippen MR) is 53.7 cm³/mol. The van der Waals surface area contributed by atoms with Crippen LogP contribution in [0, 0.1) is 0 Å². The SMILES string of the molecule is O=CC=CCS(=O)(=O)c1ccccc1. The highest BCUT2D eigenvalue weighted by molar-refractivity contribution is 7.91. The van der Waals surface area contributed by atoms with Gasteiger partial charge in [-0.15, -0.1) is 0 Å². The van der Waals surface area contributed by atoms with Crippen molar-refractivity contribution in [2.24, 2.45) is 0 Å². The van der Waals surface area contributed by atoms with Gasteiger partial charge in [0.1, 0.15) is 6.29 Å². The first-order chi connectivity index (χ1) is 6.67. The predicted octanol–water partition coefficient (Wildman–Crippen LogP) is 1.22. The van der Waals surface area contributed by atoms with Crippen molar-refractivity contribution in [3.8, 4) is 0 Å². The summed E-state index contributed by atoms with van der Waals surface area (Å²) in [6.07, 6.45) is 3.07. The number of hydrogen-bond acceptors (Lipinski definition) is 3. The number of allylic oxidation sites excluding steroid dienone is 1. The molecular weight excluding hydrogens is 200 g/mol. The van der Waals surface area contributed by atoms with E-state index in [9.17, 15) is 13.2 Å². The van der Waals surface area contributed by atoms with Gasteiger partial charge in [0.2, 0.25) is 0 Å². The lowest BCUT2D eigenvalue weighted by molar-refractivity contribution is -0.104. The van der Waals surface area contributed by atoms with Gasteiger partial charge in [-0.25, -0.2) is 8.42 Å². The molecule has 0 fully saturated rings. The van der Waals surface area contributed by atoms with E-state index in [0.717, 1.165) is 0 Å². The zero-order valence-electron chi connectivity index (χ0n) is 7.46. The number of benzene rings is 1. The van der Waals surface area contributed by atoms with Crippen LogP contribution in [0.25, 0.3) is 0 Å². The molecule has 0 N–H and O–H groups in total. The van der Waals surface area contributed by atoms with E-state index < -0.39 is 9.84 Å². The van der Waals surface area contributed by atoms with E-state index in [1.165, 1.54) is 24.3 Å². The topological polar surface area (TPSA) is 51.2 Å². The number of hydrogen-bond donors (Lipinski definition) is 0. The molecule has 0 aliphatic rings. The van der Waals surface area contributed by atoms with E-state index >= 15 is 0 Å². The Hall–Kier alpha value is -1.42. The van der Waals surface area contributed by atoms with Crippen LogP contribution in [0.4, 0.5) is 0 Å². The first-order valence-electron chi connectivity index (χ1n) is 4.05. The molecule has 0 amide bonds. The van der Waals surface area contributed by atoms with Crippen LogP contribution in [0.2, 0.25) is 0 Å². The standard InChI is InChI=1S/C10H10O3S/c11-8-4-5-9-14(12,13)10-6-2-1-3-7-10/h1-8H,9H2. The van der Waals surface area contributed by atoms with Crippen molar-refractivity contribution in [3.63, 3.8) is 0 Å². The van der Waals surface area contributed by atoms with Crippen LogP contribution in [0.15, 0.2) is 47.4 Å². The maximum absolute atomic E-state index is 11.5. The van der Waals surface area contributed by atoms with Crippen LogP contribution >= 0.6 is 0 Å². The minimum atomic E-state index is -3.28. The number of aldehydes is 1. The van der Waals surface area contributed by atoms with Crippen LogP contribution in [-0.2, 0) is 14.6 Å². The second-order valence-corrected chi connectivity index (χ2v) is 4.69. The lowest BCUT2D eigenvalue weighted by Gasteiger charge is -1.99. The monoisotopic (exact) mass is 210 g/mol. The molecule has 0 atom stereocenters. The highest BCUT2D eigenvalue weighted by Gasteiger charge is 2.10. The number of rotatable bonds is 4. The molecular formula is C10H10O3S. The molecule has 3 nitrogen and oxygen atoms in total. The summed E-state index contributed by atoms with van der Waals surface area (Å²) in [5.74, 6) is -0.143. The third kappa shape index (κ3) is 2.81. The summed E-state index contributed by atoms with van der Waals surface area (Å²) >= 11 is 0. The normalized spacial score (nSPS) is 11.7. The maximum atomic E-state index is 11.5. The van der Waals surface area contributed by atoms with Gasteiger partial charge in [0.05, 0.1) is 10.6 Å². The van der Waals surface area contributed by atoms with E-state index in [-0.39, 0.29) is 10.6 Å². The fourth-order valence-corrected chi connectivity index (χ4v) is 2.09. The van der Waals surface area contributed by atoms with Gasteiger partial charge in [0, 0.05) is 0 Å². The third-order valence-corrected chi connectivity index (χ3v) is 3.25. The Balaban J connectivity index is 2.87. The highest BCUT2D eigenvalue weighted by Crippen LogP contribution is 2.09. The Labute approximate surface area is 83.0 Å². The molecule has 0 saturated heterocycles. The second kappa shape index (κ2) is 4.72. The van der Waals surface area contributed by atoms with Gasteiger partial charge in [-0.05, 0) is 18.2 Å². The van der Waals surface area contributed by atoms with Crippen LogP contribution in [-0.4, -0.2) is 20.5 Å². The largest absolute Gasteiger partial charge is 0.299 e. The second-order valence-electron chi connectivity index (χ2n) is 2.66. The number of sulfone groups is 1. The van der Waals surface area contributed by atoms with Crippen LogP contribution in [0.1, 0.15) is 0 Å². The minimum absolute atomic E-state index is 0.143. The summed E-state index contributed by atoms with van der Waals surface area (Å²) < 4.78 is 23.1. The first kappa shape index (κ1) is 10.7. The van der Waals surface area contributed by atoms with Crippen molar-refractivity contribution < 1.29 is 13.2 Å². The lowest BCUT2D eigenvalue weighted by Crippen LogP contribution is -2.04. The van der Waals surface area contributed by atoms with Crippen molar-refractivity contribution in [2.75, 3.05) is 5.75 Å². The van der Waals surface area contributed by atoms with Crippen LogP contribution < -0.4 is 0 Å². The third-order valence-electron chi connectivity index (χ3n) is 1.63. The van der Waals surface area contributed by atoms with Crippen molar-refractivity contribution in [1.29, 1.82) is 0 Å². The molecule has 0 heterocycles. The van der Waals surface area contributed by atoms with Gasteiger partial charge in [-0.1, -0.05) is 24.3 Å². The first-order valence-corrected chi connectivity index (χ1v) is 5.70. The zero-order chi connectivity index (χ0) is 10.4. The summed E-state index contributed by atoms with van der Waals surface area (Å²) in [4.78, 5) is 10.2.